The van der Waals surface area contributed by atoms with Crippen molar-refractivity contribution in [2.45, 2.75) is 57.0 Å². The molecule has 2 amide bonds. The number of carbonyl (C=O) groups is 2. The minimum Gasteiger partial charge on any atom is -0.350 e. The van der Waals surface area contributed by atoms with Gasteiger partial charge in [0.25, 0.3) is 5.91 Å². The maximum absolute atomic E-state index is 12.4. The SMILES string of the molecule is CC(NC(=O)c1cccc(S(=O)(=O)NCC2CC2)c1)C(=O)NC(C)(C)C. The lowest BCUT2D eigenvalue weighted by Crippen LogP contribution is -2.50. The normalized spacial score (nSPS) is 16.0. The maximum atomic E-state index is 12.4. The van der Waals surface area contributed by atoms with Crippen molar-refractivity contribution in [3.05, 3.63) is 29.8 Å². The fourth-order valence-electron chi connectivity index (χ4n) is 2.26. The van der Waals surface area contributed by atoms with E-state index in [4.69, 9.17) is 0 Å². The average molecular weight is 381 g/mol. The molecule has 1 unspecified atom stereocenters. The number of carbonyl (C=O) groups excluding carboxylic acids is 2. The summed E-state index contributed by atoms with van der Waals surface area (Å²) in [5.41, 5.74) is -0.216. The third kappa shape index (κ3) is 6.10. The number of benzene rings is 1. The highest BCUT2D eigenvalue weighted by atomic mass is 32.2. The highest BCUT2D eigenvalue weighted by molar-refractivity contribution is 7.89. The zero-order valence-electron chi connectivity index (χ0n) is 15.6. The van der Waals surface area contributed by atoms with E-state index in [0.29, 0.717) is 12.5 Å². The van der Waals surface area contributed by atoms with Crippen molar-refractivity contribution in [2.24, 2.45) is 5.92 Å². The molecule has 0 bridgehead atoms. The summed E-state index contributed by atoms with van der Waals surface area (Å²) in [5, 5.41) is 5.38. The van der Waals surface area contributed by atoms with Crippen LogP contribution in [0.25, 0.3) is 0 Å². The molecule has 1 aliphatic rings. The standard InChI is InChI=1S/C18H27N3O4S/c1-12(16(22)21-18(2,3)4)20-17(23)14-6-5-7-15(10-14)26(24,25)19-11-13-8-9-13/h5-7,10,12-13,19H,8-9,11H2,1-4H3,(H,20,23)(H,21,22). The van der Waals surface area contributed by atoms with Crippen molar-refractivity contribution in [3.8, 4) is 0 Å². The largest absolute Gasteiger partial charge is 0.350 e. The molecule has 0 spiro atoms. The first-order chi connectivity index (χ1) is 12.0. The van der Waals surface area contributed by atoms with Crippen LogP contribution in [0, 0.1) is 5.92 Å². The molecule has 1 aliphatic carbocycles. The van der Waals surface area contributed by atoms with E-state index in [9.17, 15) is 18.0 Å². The Morgan fingerprint density at radius 1 is 1.23 bits per heavy atom. The molecule has 0 radical (unpaired) electrons. The van der Waals surface area contributed by atoms with Gasteiger partial charge in [-0.2, -0.15) is 0 Å². The molecule has 1 aromatic rings. The minimum absolute atomic E-state index is 0.0394. The van der Waals surface area contributed by atoms with Crippen LogP contribution in [0.2, 0.25) is 0 Å². The van der Waals surface area contributed by atoms with Crippen LogP contribution in [-0.4, -0.2) is 38.4 Å². The number of hydrogen-bond acceptors (Lipinski definition) is 4. The van der Waals surface area contributed by atoms with Gasteiger partial charge >= 0.3 is 0 Å². The van der Waals surface area contributed by atoms with Gasteiger partial charge in [-0.1, -0.05) is 6.07 Å². The average Bonchev–Trinajstić information content (AvgIpc) is 3.36. The van der Waals surface area contributed by atoms with E-state index in [2.05, 4.69) is 15.4 Å². The summed E-state index contributed by atoms with van der Waals surface area (Å²) < 4.78 is 27.2. The molecule has 1 atom stereocenters. The molecule has 0 aliphatic heterocycles. The fourth-order valence-corrected chi connectivity index (χ4v) is 3.42. The number of sulfonamides is 1. The second-order valence-electron chi connectivity index (χ2n) is 7.76. The number of rotatable bonds is 7. The van der Waals surface area contributed by atoms with Gasteiger partial charge in [0.2, 0.25) is 15.9 Å². The smallest absolute Gasteiger partial charge is 0.251 e. The van der Waals surface area contributed by atoms with E-state index >= 15 is 0 Å². The first kappa shape index (κ1) is 20.4. The lowest BCUT2D eigenvalue weighted by Gasteiger charge is -2.23. The molecule has 0 heterocycles. The topological polar surface area (TPSA) is 104 Å². The van der Waals surface area contributed by atoms with Gasteiger partial charge in [0, 0.05) is 17.6 Å². The zero-order valence-corrected chi connectivity index (χ0v) is 16.4. The first-order valence-electron chi connectivity index (χ1n) is 8.70. The van der Waals surface area contributed by atoms with Gasteiger partial charge in [-0.3, -0.25) is 9.59 Å². The molecule has 144 valence electrons. The second kappa shape index (κ2) is 7.75. The molecule has 2 rings (SSSR count). The molecule has 8 heteroatoms. The highest BCUT2D eigenvalue weighted by Crippen LogP contribution is 2.28. The predicted octanol–water partition coefficient (Wildman–Crippen LogP) is 1.41. The van der Waals surface area contributed by atoms with Crippen molar-refractivity contribution in [1.82, 2.24) is 15.4 Å². The quantitative estimate of drug-likeness (QED) is 0.664. The lowest BCUT2D eigenvalue weighted by atomic mass is 10.1. The van der Waals surface area contributed by atoms with E-state index < -0.39 is 27.5 Å². The van der Waals surface area contributed by atoms with E-state index in [0.717, 1.165) is 12.8 Å². The van der Waals surface area contributed by atoms with Gasteiger partial charge < -0.3 is 10.6 Å². The Morgan fingerprint density at radius 3 is 2.46 bits per heavy atom. The van der Waals surface area contributed by atoms with Crippen molar-refractivity contribution < 1.29 is 18.0 Å². The minimum atomic E-state index is -3.65. The van der Waals surface area contributed by atoms with E-state index in [1.54, 1.807) is 6.92 Å². The Balaban J connectivity index is 2.04. The Labute approximate surface area is 155 Å². The van der Waals surface area contributed by atoms with E-state index in [1.807, 2.05) is 20.8 Å². The molecule has 1 saturated carbocycles. The highest BCUT2D eigenvalue weighted by Gasteiger charge is 2.25. The predicted molar refractivity (Wildman–Crippen MR) is 99.2 cm³/mol. The van der Waals surface area contributed by atoms with Crippen LogP contribution in [0.15, 0.2) is 29.2 Å². The van der Waals surface area contributed by atoms with Crippen LogP contribution in [0.5, 0.6) is 0 Å². The van der Waals surface area contributed by atoms with E-state index in [1.165, 1.54) is 24.3 Å². The summed E-state index contributed by atoms with van der Waals surface area (Å²) in [7, 11) is -3.65. The summed E-state index contributed by atoms with van der Waals surface area (Å²) in [6, 6.07) is 5.06. The maximum Gasteiger partial charge on any atom is 0.251 e. The molecular weight excluding hydrogens is 354 g/mol. The van der Waals surface area contributed by atoms with Crippen LogP contribution >= 0.6 is 0 Å². The summed E-state index contributed by atoms with van der Waals surface area (Å²) >= 11 is 0. The van der Waals surface area contributed by atoms with Crippen LogP contribution in [0.4, 0.5) is 0 Å². The third-order valence-corrected chi connectivity index (χ3v) is 5.33. The van der Waals surface area contributed by atoms with Gasteiger partial charge in [0.15, 0.2) is 0 Å². The molecule has 1 aromatic carbocycles. The van der Waals surface area contributed by atoms with Crippen LogP contribution in [0.1, 0.15) is 50.9 Å². The fraction of sp³-hybridized carbons (Fsp3) is 0.556. The Hall–Kier alpha value is -1.93. The Kier molecular flexibility index (Phi) is 6.08. The van der Waals surface area contributed by atoms with Crippen molar-refractivity contribution in [3.63, 3.8) is 0 Å². The Bertz CT molecular complexity index is 780. The molecule has 1 fully saturated rings. The molecule has 3 N–H and O–H groups in total. The number of amides is 2. The Morgan fingerprint density at radius 2 is 1.88 bits per heavy atom. The molecule has 7 nitrogen and oxygen atoms in total. The number of nitrogens with one attached hydrogen (secondary N) is 3. The summed E-state index contributed by atoms with van der Waals surface area (Å²) in [5.74, 6) is -0.389. The summed E-state index contributed by atoms with van der Waals surface area (Å²) in [6.07, 6.45) is 2.08. The zero-order chi connectivity index (χ0) is 19.5. The van der Waals surface area contributed by atoms with Gasteiger partial charge in [0.1, 0.15) is 6.04 Å². The number of hydrogen-bond donors (Lipinski definition) is 3. The lowest BCUT2D eigenvalue weighted by molar-refractivity contribution is -0.124. The van der Waals surface area contributed by atoms with Gasteiger partial charge in [-0.25, -0.2) is 13.1 Å². The third-order valence-electron chi connectivity index (χ3n) is 3.90. The summed E-state index contributed by atoms with van der Waals surface area (Å²) in [4.78, 5) is 24.5. The van der Waals surface area contributed by atoms with E-state index in [-0.39, 0.29) is 16.4 Å². The molecular formula is C18H27N3O4S. The van der Waals surface area contributed by atoms with Gasteiger partial charge in [-0.05, 0) is 64.7 Å². The van der Waals surface area contributed by atoms with Crippen molar-refractivity contribution in [1.29, 1.82) is 0 Å². The van der Waals surface area contributed by atoms with Gasteiger partial charge in [0.05, 0.1) is 4.90 Å². The molecule has 0 aromatic heterocycles. The summed E-state index contributed by atoms with van der Waals surface area (Å²) in [6.45, 7) is 7.55. The second-order valence-corrected chi connectivity index (χ2v) is 9.52. The van der Waals surface area contributed by atoms with Crippen molar-refractivity contribution >= 4 is 21.8 Å². The molecule has 0 saturated heterocycles. The first-order valence-corrected chi connectivity index (χ1v) is 10.2. The monoisotopic (exact) mass is 381 g/mol. The van der Waals surface area contributed by atoms with Crippen molar-refractivity contribution in [2.75, 3.05) is 6.54 Å². The van der Waals surface area contributed by atoms with Gasteiger partial charge in [-0.15, -0.1) is 0 Å². The van der Waals surface area contributed by atoms with Crippen LogP contribution < -0.4 is 15.4 Å². The molecule has 26 heavy (non-hydrogen) atoms. The van der Waals surface area contributed by atoms with Crippen LogP contribution in [-0.2, 0) is 14.8 Å². The van der Waals surface area contributed by atoms with Crippen LogP contribution in [0.3, 0.4) is 0 Å².